The van der Waals surface area contributed by atoms with Crippen LogP contribution in [0, 0.1) is 5.92 Å². The molecule has 0 radical (unpaired) electrons. The van der Waals surface area contributed by atoms with Gasteiger partial charge in [0.2, 0.25) is 0 Å². The highest BCUT2D eigenvalue weighted by Gasteiger charge is 2.17. The lowest BCUT2D eigenvalue weighted by atomic mass is 10.0. The third kappa shape index (κ3) is 4.74. The number of hydrogen-bond donors (Lipinski definition) is 2. The van der Waals surface area contributed by atoms with Crippen molar-refractivity contribution in [3.8, 4) is 0 Å². The Balaban J connectivity index is 1.49. The van der Waals surface area contributed by atoms with Gasteiger partial charge in [-0.3, -0.25) is 4.79 Å². The molecule has 23 heavy (non-hydrogen) atoms. The number of thioether (sulfide) groups is 1. The fourth-order valence-corrected chi connectivity index (χ4v) is 3.26. The zero-order valence-corrected chi connectivity index (χ0v) is 14.3. The number of hydrogen-bond acceptors (Lipinski definition) is 3. The van der Waals surface area contributed by atoms with Gasteiger partial charge in [0.1, 0.15) is 0 Å². The van der Waals surface area contributed by atoms with Gasteiger partial charge in [0, 0.05) is 46.8 Å². The molecule has 0 saturated carbocycles. The Hall–Kier alpha value is -1.49. The van der Waals surface area contributed by atoms with E-state index in [9.17, 15) is 4.79 Å². The van der Waals surface area contributed by atoms with Crippen molar-refractivity contribution < 1.29 is 4.79 Å². The van der Waals surface area contributed by atoms with E-state index >= 15 is 0 Å². The summed E-state index contributed by atoms with van der Waals surface area (Å²) in [4.78, 5) is 13.2. The molecule has 1 amide bonds. The molecule has 1 heterocycles. The molecular weight excluding hydrogens is 328 g/mol. The molecule has 2 aromatic carbocycles. The summed E-state index contributed by atoms with van der Waals surface area (Å²) in [5.41, 5.74) is 1.92. The van der Waals surface area contributed by atoms with Gasteiger partial charge in [0.05, 0.1) is 0 Å². The van der Waals surface area contributed by atoms with Crippen LogP contribution in [0.25, 0.3) is 0 Å². The third-order valence-corrected chi connectivity index (χ3v) is 5.19. The highest BCUT2D eigenvalue weighted by Crippen LogP contribution is 2.24. The standard InChI is InChI=1S/C18H19ClN2OS/c19-16-5-7-17(8-6-16)23-12-13-1-3-15(4-2-13)18(22)21-11-14-9-20-10-14/h1-8,14,20H,9-12H2,(H,21,22). The number of halogens is 1. The van der Waals surface area contributed by atoms with Crippen LogP contribution in [0.2, 0.25) is 5.02 Å². The van der Waals surface area contributed by atoms with Crippen molar-refractivity contribution >= 4 is 29.3 Å². The molecule has 2 aromatic rings. The molecular formula is C18H19ClN2OS. The Morgan fingerprint density at radius 2 is 1.83 bits per heavy atom. The van der Waals surface area contributed by atoms with Crippen LogP contribution < -0.4 is 10.6 Å². The van der Waals surface area contributed by atoms with Crippen molar-refractivity contribution in [2.24, 2.45) is 5.92 Å². The summed E-state index contributed by atoms with van der Waals surface area (Å²) < 4.78 is 0. The van der Waals surface area contributed by atoms with Gasteiger partial charge in [-0.25, -0.2) is 0 Å². The van der Waals surface area contributed by atoms with E-state index in [0.717, 1.165) is 36.0 Å². The second-order valence-corrected chi connectivity index (χ2v) is 7.16. The summed E-state index contributed by atoms with van der Waals surface area (Å²) in [5.74, 6) is 1.46. The molecule has 0 unspecified atom stereocenters. The van der Waals surface area contributed by atoms with Gasteiger partial charge in [-0.15, -0.1) is 11.8 Å². The maximum Gasteiger partial charge on any atom is 0.251 e. The van der Waals surface area contributed by atoms with E-state index in [1.165, 1.54) is 10.5 Å². The van der Waals surface area contributed by atoms with Gasteiger partial charge >= 0.3 is 0 Å². The molecule has 5 heteroatoms. The van der Waals surface area contributed by atoms with E-state index in [2.05, 4.69) is 10.6 Å². The Kier molecular flexibility index (Phi) is 5.60. The maximum absolute atomic E-state index is 12.1. The Morgan fingerprint density at radius 1 is 1.13 bits per heavy atom. The maximum atomic E-state index is 12.1. The summed E-state index contributed by atoms with van der Waals surface area (Å²) in [7, 11) is 0. The third-order valence-electron chi connectivity index (χ3n) is 3.85. The van der Waals surface area contributed by atoms with Gasteiger partial charge in [-0.1, -0.05) is 23.7 Å². The highest BCUT2D eigenvalue weighted by molar-refractivity contribution is 7.98. The van der Waals surface area contributed by atoms with Gasteiger partial charge in [-0.05, 0) is 42.0 Å². The van der Waals surface area contributed by atoms with E-state index in [4.69, 9.17) is 11.6 Å². The Morgan fingerprint density at radius 3 is 2.43 bits per heavy atom. The van der Waals surface area contributed by atoms with Crippen LogP contribution in [0.4, 0.5) is 0 Å². The molecule has 1 aliphatic rings. The minimum Gasteiger partial charge on any atom is -0.352 e. The van der Waals surface area contributed by atoms with E-state index in [1.54, 1.807) is 11.8 Å². The van der Waals surface area contributed by atoms with E-state index in [0.29, 0.717) is 5.92 Å². The van der Waals surface area contributed by atoms with Crippen molar-refractivity contribution in [2.75, 3.05) is 19.6 Å². The lowest BCUT2D eigenvalue weighted by molar-refractivity contribution is 0.0942. The van der Waals surface area contributed by atoms with Gasteiger partial charge in [0.25, 0.3) is 5.91 Å². The predicted octanol–water partition coefficient (Wildman–Crippen LogP) is 3.58. The summed E-state index contributed by atoms with van der Waals surface area (Å²) in [6.07, 6.45) is 0. The number of carbonyl (C=O) groups excluding carboxylic acids is 1. The lowest BCUT2D eigenvalue weighted by Gasteiger charge is -2.27. The van der Waals surface area contributed by atoms with Crippen LogP contribution in [0.15, 0.2) is 53.4 Å². The number of carbonyl (C=O) groups is 1. The largest absolute Gasteiger partial charge is 0.352 e. The zero-order chi connectivity index (χ0) is 16.1. The molecule has 0 atom stereocenters. The quantitative estimate of drug-likeness (QED) is 0.785. The van der Waals surface area contributed by atoms with Crippen LogP contribution in [0.3, 0.4) is 0 Å². The summed E-state index contributed by atoms with van der Waals surface area (Å²) in [5, 5.41) is 6.94. The smallest absolute Gasteiger partial charge is 0.251 e. The normalized spacial score (nSPS) is 14.3. The van der Waals surface area contributed by atoms with Crippen LogP contribution in [0.5, 0.6) is 0 Å². The first-order valence-electron chi connectivity index (χ1n) is 7.67. The number of rotatable bonds is 6. The van der Waals surface area contributed by atoms with E-state index in [-0.39, 0.29) is 5.91 Å². The fourth-order valence-electron chi connectivity index (χ4n) is 2.28. The molecule has 1 aliphatic heterocycles. The van der Waals surface area contributed by atoms with Crippen LogP contribution in [-0.2, 0) is 5.75 Å². The van der Waals surface area contributed by atoms with Crippen molar-refractivity contribution in [1.29, 1.82) is 0 Å². The van der Waals surface area contributed by atoms with Crippen molar-refractivity contribution in [1.82, 2.24) is 10.6 Å². The predicted molar refractivity (Wildman–Crippen MR) is 96.1 cm³/mol. The van der Waals surface area contributed by atoms with Gasteiger partial charge in [0.15, 0.2) is 0 Å². The first-order chi connectivity index (χ1) is 11.2. The van der Waals surface area contributed by atoms with Crippen molar-refractivity contribution in [3.05, 3.63) is 64.7 Å². The lowest BCUT2D eigenvalue weighted by Crippen LogP contribution is -2.48. The molecule has 0 spiro atoms. The van der Waals surface area contributed by atoms with Gasteiger partial charge < -0.3 is 10.6 Å². The summed E-state index contributed by atoms with van der Waals surface area (Å²) in [6.45, 7) is 2.75. The monoisotopic (exact) mass is 346 g/mol. The van der Waals surface area contributed by atoms with Crippen LogP contribution in [-0.4, -0.2) is 25.5 Å². The molecule has 120 valence electrons. The minimum absolute atomic E-state index is 0.00815. The average Bonchev–Trinajstić information content (AvgIpc) is 2.53. The summed E-state index contributed by atoms with van der Waals surface area (Å²) in [6, 6.07) is 15.7. The second-order valence-electron chi connectivity index (χ2n) is 5.67. The molecule has 0 aliphatic carbocycles. The highest BCUT2D eigenvalue weighted by atomic mass is 35.5. The number of nitrogens with one attached hydrogen (secondary N) is 2. The molecule has 3 rings (SSSR count). The number of benzene rings is 2. The molecule has 3 nitrogen and oxygen atoms in total. The van der Waals surface area contributed by atoms with Crippen molar-refractivity contribution in [3.63, 3.8) is 0 Å². The first kappa shape index (κ1) is 16.4. The van der Waals surface area contributed by atoms with Gasteiger partial charge in [-0.2, -0.15) is 0 Å². The Bertz CT molecular complexity index is 654. The second kappa shape index (κ2) is 7.86. The molecule has 0 bridgehead atoms. The molecule has 0 aromatic heterocycles. The van der Waals surface area contributed by atoms with Crippen LogP contribution in [0.1, 0.15) is 15.9 Å². The molecule has 2 N–H and O–H groups in total. The van der Waals surface area contributed by atoms with Crippen molar-refractivity contribution in [2.45, 2.75) is 10.6 Å². The Labute approximate surface area is 145 Å². The fraction of sp³-hybridized carbons (Fsp3) is 0.278. The minimum atomic E-state index is 0.00815. The molecule has 1 fully saturated rings. The van der Waals surface area contributed by atoms with E-state index < -0.39 is 0 Å². The molecule has 1 saturated heterocycles. The topological polar surface area (TPSA) is 41.1 Å². The van der Waals surface area contributed by atoms with Crippen LogP contribution >= 0.6 is 23.4 Å². The summed E-state index contributed by atoms with van der Waals surface area (Å²) >= 11 is 7.64. The average molecular weight is 347 g/mol. The number of amides is 1. The SMILES string of the molecule is O=C(NCC1CNC1)c1ccc(CSc2ccc(Cl)cc2)cc1. The first-order valence-corrected chi connectivity index (χ1v) is 9.03. The zero-order valence-electron chi connectivity index (χ0n) is 12.7. The van der Waals surface area contributed by atoms with E-state index in [1.807, 2.05) is 48.5 Å².